The van der Waals surface area contributed by atoms with Gasteiger partial charge >= 0.3 is 0 Å². The molecule has 0 spiro atoms. The molecule has 26 heavy (non-hydrogen) atoms. The Balaban J connectivity index is 1.67. The van der Waals surface area contributed by atoms with E-state index in [0.717, 1.165) is 35.0 Å². The molecule has 4 nitrogen and oxygen atoms in total. The maximum absolute atomic E-state index is 12.1. The van der Waals surface area contributed by atoms with Gasteiger partial charge in [0, 0.05) is 29.2 Å². The third-order valence-corrected chi connectivity index (χ3v) is 4.33. The minimum atomic E-state index is -0.125. The molecule has 3 aromatic rings. The van der Waals surface area contributed by atoms with Gasteiger partial charge in [0.1, 0.15) is 0 Å². The van der Waals surface area contributed by atoms with Gasteiger partial charge in [-0.05, 0) is 23.6 Å². The Morgan fingerprint density at radius 3 is 2.62 bits per heavy atom. The second kappa shape index (κ2) is 8.30. The van der Waals surface area contributed by atoms with E-state index in [0.29, 0.717) is 6.42 Å². The fourth-order valence-electron chi connectivity index (χ4n) is 2.96. The first-order valence-electron chi connectivity index (χ1n) is 8.79. The Labute approximate surface area is 153 Å². The van der Waals surface area contributed by atoms with Crippen molar-refractivity contribution in [1.29, 1.82) is 0 Å². The van der Waals surface area contributed by atoms with Gasteiger partial charge in [-0.2, -0.15) is 5.10 Å². The van der Waals surface area contributed by atoms with E-state index < -0.39 is 0 Å². The third-order valence-electron chi connectivity index (χ3n) is 4.33. The van der Waals surface area contributed by atoms with Gasteiger partial charge in [-0.3, -0.25) is 4.79 Å². The van der Waals surface area contributed by atoms with Crippen molar-refractivity contribution in [3.8, 4) is 0 Å². The van der Waals surface area contributed by atoms with Crippen molar-refractivity contribution in [2.75, 3.05) is 0 Å². The van der Waals surface area contributed by atoms with Crippen LogP contribution in [0.2, 0.25) is 0 Å². The average molecular weight is 345 g/mol. The maximum Gasteiger partial charge on any atom is 0.244 e. The normalized spacial score (nSPS) is 11.1. The number of nitrogens with one attached hydrogen (secondary N) is 1. The number of nitrogens with zero attached hydrogens (tertiary/aromatic N) is 2. The van der Waals surface area contributed by atoms with E-state index in [1.54, 1.807) is 6.21 Å². The molecule has 3 rings (SSSR count). The molecule has 1 heterocycles. The largest absolute Gasteiger partial charge is 0.343 e. The van der Waals surface area contributed by atoms with Crippen LogP contribution >= 0.6 is 0 Å². The van der Waals surface area contributed by atoms with Gasteiger partial charge in [0.2, 0.25) is 5.91 Å². The zero-order valence-corrected chi connectivity index (χ0v) is 15.0. The first kappa shape index (κ1) is 17.7. The van der Waals surface area contributed by atoms with Gasteiger partial charge in [0.15, 0.2) is 0 Å². The number of aromatic nitrogens is 1. The molecule has 1 amide bonds. The summed E-state index contributed by atoms with van der Waals surface area (Å²) < 4.78 is 2.11. The quantitative estimate of drug-likeness (QED) is 0.391. The third kappa shape index (κ3) is 4.09. The van der Waals surface area contributed by atoms with Gasteiger partial charge in [-0.25, -0.2) is 5.43 Å². The monoisotopic (exact) mass is 345 g/mol. The maximum atomic E-state index is 12.1. The number of hydrogen-bond acceptors (Lipinski definition) is 2. The first-order valence-corrected chi connectivity index (χ1v) is 8.79. The molecule has 4 heteroatoms. The lowest BCUT2D eigenvalue weighted by molar-refractivity contribution is -0.120. The van der Waals surface area contributed by atoms with Gasteiger partial charge in [-0.15, -0.1) is 6.58 Å². The highest BCUT2D eigenvalue weighted by Crippen LogP contribution is 2.19. The van der Waals surface area contributed by atoms with Crippen LogP contribution in [-0.2, 0) is 24.2 Å². The second-order valence-corrected chi connectivity index (χ2v) is 6.18. The predicted molar refractivity (Wildman–Crippen MR) is 107 cm³/mol. The summed E-state index contributed by atoms with van der Waals surface area (Å²) in [6.45, 7) is 6.64. The summed E-state index contributed by atoms with van der Waals surface area (Å²) in [6.07, 6.45) is 6.89. The van der Waals surface area contributed by atoms with E-state index in [1.165, 1.54) is 5.56 Å². The molecule has 0 bridgehead atoms. The van der Waals surface area contributed by atoms with E-state index >= 15 is 0 Å². The van der Waals surface area contributed by atoms with Crippen molar-refractivity contribution >= 4 is 23.0 Å². The second-order valence-electron chi connectivity index (χ2n) is 6.18. The fraction of sp³-hybridized carbons (Fsp3) is 0.182. The van der Waals surface area contributed by atoms with Crippen molar-refractivity contribution in [2.45, 2.75) is 26.3 Å². The summed E-state index contributed by atoms with van der Waals surface area (Å²) in [5.74, 6) is -0.125. The molecule has 0 saturated heterocycles. The van der Waals surface area contributed by atoms with Crippen LogP contribution < -0.4 is 5.43 Å². The first-order chi connectivity index (χ1) is 12.7. The van der Waals surface area contributed by atoms with Crippen molar-refractivity contribution in [3.05, 3.63) is 84.1 Å². The smallest absolute Gasteiger partial charge is 0.244 e. The number of aryl methyl sites for hydroxylation is 1. The number of carbonyl (C=O) groups is 1. The van der Waals surface area contributed by atoms with Crippen LogP contribution in [0.3, 0.4) is 0 Å². The fourth-order valence-corrected chi connectivity index (χ4v) is 2.96. The van der Waals surface area contributed by atoms with E-state index in [4.69, 9.17) is 0 Å². The molecular formula is C22H23N3O. The Kier molecular flexibility index (Phi) is 5.64. The van der Waals surface area contributed by atoms with Crippen molar-refractivity contribution in [2.24, 2.45) is 5.10 Å². The highest BCUT2D eigenvalue weighted by Gasteiger charge is 2.06. The van der Waals surface area contributed by atoms with E-state index in [9.17, 15) is 4.79 Å². The number of rotatable bonds is 7. The van der Waals surface area contributed by atoms with Crippen LogP contribution in [0.25, 0.3) is 10.9 Å². The Bertz CT molecular complexity index is 936. The number of carbonyl (C=O) groups excluding carboxylic acids is 1. The van der Waals surface area contributed by atoms with Crippen LogP contribution in [0.5, 0.6) is 0 Å². The Morgan fingerprint density at radius 1 is 1.15 bits per heavy atom. The number of para-hydroxylation sites is 1. The summed E-state index contributed by atoms with van der Waals surface area (Å²) in [6, 6.07) is 16.2. The average Bonchev–Trinajstić information content (AvgIpc) is 3.01. The Morgan fingerprint density at radius 2 is 1.88 bits per heavy atom. The molecule has 1 N–H and O–H groups in total. The van der Waals surface area contributed by atoms with Gasteiger partial charge in [0.25, 0.3) is 0 Å². The molecule has 1 aromatic heterocycles. The lowest BCUT2D eigenvalue weighted by Gasteiger charge is -2.02. The van der Waals surface area contributed by atoms with E-state index in [1.807, 2.05) is 42.6 Å². The number of benzene rings is 2. The summed E-state index contributed by atoms with van der Waals surface area (Å²) in [4.78, 5) is 12.1. The van der Waals surface area contributed by atoms with Crippen LogP contribution in [0, 0.1) is 0 Å². The van der Waals surface area contributed by atoms with Crippen LogP contribution in [0.4, 0.5) is 0 Å². The van der Waals surface area contributed by atoms with Gasteiger partial charge in [-0.1, -0.05) is 55.5 Å². The molecule has 0 saturated carbocycles. The summed E-state index contributed by atoms with van der Waals surface area (Å²) in [5.41, 5.74) is 6.95. The zero-order valence-electron chi connectivity index (χ0n) is 15.0. The lowest BCUT2D eigenvalue weighted by Crippen LogP contribution is -2.19. The highest BCUT2D eigenvalue weighted by atomic mass is 16.2. The van der Waals surface area contributed by atoms with Gasteiger partial charge in [0.05, 0.1) is 12.6 Å². The predicted octanol–water partition coefficient (Wildman–Crippen LogP) is 4.08. The molecule has 0 aliphatic heterocycles. The van der Waals surface area contributed by atoms with Crippen molar-refractivity contribution < 1.29 is 4.79 Å². The Hall–Kier alpha value is -3.14. The number of amides is 1. The molecule has 0 radical (unpaired) electrons. The van der Waals surface area contributed by atoms with E-state index in [2.05, 4.69) is 46.8 Å². The summed E-state index contributed by atoms with van der Waals surface area (Å²) in [5, 5.41) is 5.23. The van der Waals surface area contributed by atoms with Crippen molar-refractivity contribution in [1.82, 2.24) is 9.99 Å². The number of hydrazone groups is 1. The summed E-state index contributed by atoms with van der Waals surface area (Å²) in [7, 11) is 0. The standard InChI is InChI=1S/C22H23N3O/c1-3-13-25-16-19(20-7-5-6-8-21(20)25)15-23-24-22(26)14-18-11-9-17(4-2)10-12-18/h3,5-12,15-16H,1,4,13-14H2,2H3,(H,24,26)/b23-15-. The van der Waals surface area contributed by atoms with E-state index in [-0.39, 0.29) is 5.91 Å². The lowest BCUT2D eigenvalue weighted by atomic mass is 10.1. The van der Waals surface area contributed by atoms with Crippen molar-refractivity contribution in [3.63, 3.8) is 0 Å². The minimum Gasteiger partial charge on any atom is -0.343 e. The molecule has 0 unspecified atom stereocenters. The summed E-state index contributed by atoms with van der Waals surface area (Å²) >= 11 is 0. The number of fused-ring (bicyclic) bond motifs is 1. The highest BCUT2D eigenvalue weighted by molar-refractivity contribution is 5.99. The molecular weight excluding hydrogens is 322 g/mol. The van der Waals surface area contributed by atoms with Crippen LogP contribution in [-0.4, -0.2) is 16.7 Å². The van der Waals surface area contributed by atoms with Gasteiger partial charge < -0.3 is 4.57 Å². The molecule has 132 valence electrons. The molecule has 2 aromatic carbocycles. The number of hydrogen-bond donors (Lipinski definition) is 1. The SMILES string of the molecule is C=CCn1cc(/C=N\NC(=O)Cc2ccc(CC)cc2)c2ccccc21. The molecule has 0 atom stereocenters. The zero-order chi connectivity index (χ0) is 18.4. The van der Waals surface area contributed by atoms with Crippen LogP contribution in [0.15, 0.2) is 72.5 Å². The topological polar surface area (TPSA) is 46.4 Å². The molecule has 0 aliphatic rings. The molecule has 0 fully saturated rings. The van der Waals surface area contributed by atoms with Crippen LogP contribution in [0.1, 0.15) is 23.6 Å². The minimum absolute atomic E-state index is 0.125. The molecule has 0 aliphatic carbocycles. The number of allylic oxidation sites excluding steroid dienone is 1.